The van der Waals surface area contributed by atoms with Gasteiger partial charge < -0.3 is 15.7 Å². The number of Topliss-reactive ketones (excluding diaryl/α,β-unsaturated/α-hetero) is 1. The number of nitrogen functional groups attached to an aromatic ring is 1. The van der Waals surface area contributed by atoms with Crippen molar-refractivity contribution >= 4 is 27.8 Å². The number of nitrogens with zero attached hydrogens (tertiary/aromatic N) is 2. The fourth-order valence-electron chi connectivity index (χ4n) is 2.33. The molecule has 2 heterocycles. The van der Waals surface area contributed by atoms with Crippen molar-refractivity contribution in [2.75, 3.05) is 23.7 Å². The summed E-state index contributed by atoms with van der Waals surface area (Å²) in [5, 5.41) is 20.0. The molecule has 2 rings (SSSR count). The summed E-state index contributed by atoms with van der Waals surface area (Å²) in [7, 11) is 0. The third-order valence-electron chi connectivity index (χ3n) is 3.53. The van der Waals surface area contributed by atoms with Crippen LogP contribution in [0.1, 0.15) is 42.4 Å². The van der Waals surface area contributed by atoms with Gasteiger partial charge in [0.25, 0.3) is 0 Å². The predicted molar refractivity (Wildman–Crippen MR) is 80.1 cm³/mol. The average molecular weight is 293 g/mol. The van der Waals surface area contributed by atoms with Gasteiger partial charge in [0.15, 0.2) is 5.78 Å². The Hall–Kier alpha value is -1.58. The number of rotatable bonds is 3. The zero-order valence-electron chi connectivity index (χ0n) is 11.9. The highest BCUT2D eigenvalue weighted by atomic mass is 32.1. The van der Waals surface area contributed by atoms with Gasteiger partial charge in [0.2, 0.25) is 0 Å². The maximum atomic E-state index is 12.1. The molecule has 0 aliphatic carbocycles. The molecular weight excluding hydrogens is 274 g/mol. The van der Waals surface area contributed by atoms with Crippen LogP contribution in [0.25, 0.3) is 0 Å². The molecule has 1 saturated heterocycles. The third kappa shape index (κ3) is 2.51. The van der Waals surface area contributed by atoms with E-state index < -0.39 is 5.60 Å². The zero-order valence-corrected chi connectivity index (χ0v) is 12.8. The second-order valence-corrected chi connectivity index (χ2v) is 6.82. The Morgan fingerprint density at radius 1 is 1.60 bits per heavy atom. The number of hydrogen-bond donors (Lipinski definition) is 2. The van der Waals surface area contributed by atoms with Crippen molar-refractivity contribution in [3.63, 3.8) is 0 Å². The molecule has 1 fully saturated rings. The van der Waals surface area contributed by atoms with Crippen molar-refractivity contribution in [2.24, 2.45) is 5.92 Å². The summed E-state index contributed by atoms with van der Waals surface area (Å²) >= 11 is 1.26. The first-order valence-electron chi connectivity index (χ1n) is 6.60. The number of ketones is 1. The van der Waals surface area contributed by atoms with Crippen LogP contribution >= 0.6 is 11.3 Å². The summed E-state index contributed by atoms with van der Waals surface area (Å²) in [6.07, 6.45) is 0.642. The van der Waals surface area contributed by atoms with Crippen LogP contribution in [0.2, 0.25) is 0 Å². The van der Waals surface area contributed by atoms with E-state index in [9.17, 15) is 15.2 Å². The molecule has 3 N–H and O–H groups in total. The molecule has 1 aliphatic heterocycles. The minimum Gasteiger partial charge on any atom is -0.396 e. The van der Waals surface area contributed by atoms with Gasteiger partial charge in [-0.05, 0) is 13.3 Å². The molecule has 0 bridgehead atoms. The second-order valence-electron chi connectivity index (χ2n) is 5.82. The van der Waals surface area contributed by atoms with Gasteiger partial charge >= 0.3 is 0 Å². The Labute approximate surface area is 122 Å². The number of aliphatic hydroxyl groups is 1. The molecule has 0 aromatic carbocycles. The Morgan fingerprint density at radius 3 is 2.70 bits per heavy atom. The van der Waals surface area contributed by atoms with E-state index in [-0.39, 0.29) is 17.4 Å². The molecule has 0 saturated carbocycles. The number of hydrogen-bond acceptors (Lipinski definition) is 6. The molecule has 0 amide bonds. The van der Waals surface area contributed by atoms with E-state index in [0.717, 1.165) is 0 Å². The number of carbonyl (C=O) groups is 1. The van der Waals surface area contributed by atoms with E-state index in [4.69, 9.17) is 5.73 Å². The van der Waals surface area contributed by atoms with Crippen LogP contribution < -0.4 is 10.6 Å². The number of carbonyl (C=O) groups excluding carboxylic acids is 1. The Morgan fingerprint density at radius 2 is 2.25 bits per heavy atom. The molecule has 0 radical (unpaired) electrons. The van der Waals surface area contributed by atoms with Gasteiger partial charge in [-0.15, -0.1) is 11.3 Å². The fraction of sp³-hybridized carbons (Fsp3) is 0.571. The Kier molecular flexibility index (Phi) is 3.76. The largest absolute Gasteiger partial charge is 0.396 e. The number of nitriles is 1. The van der Waals surface area contributed by atoms with Crippen molar-refractivity contribution in [1.29, 1.82) is 5.26 Å². The lowest BCUT2D eigenvalue weighted by atomic mass is 10.1. The molecule has 1 atom stereocenters. The van der Waals surface area contributed by atoms with E-state index >= 15 is 0 Å². The van der Waals surface area contributed by atoms with Crippen molar-refractivity contribution < 1.29 is 9.90 Å². The molecule has 6 heteroatoms. The number of β-amino-alcohol motifs (C(OH)–C–C–N with tert-alkyl or cyclic N) is 1. The summed E-state index contributed by atoms with van der Waals surface area (Å²) in [5.41, 5.74) is 5.84. The van der Waals surface area contributed by atoms with Gasteiger partial charge in [-0.3, -0.25) is 4.79 Å². The molecular formula is C14H19N3O2S. The van der Waals surface area contributed by atoms with Crippen LogP contribution in [0.5, 0.6) is 0 Å². The van der Waals surface area contributed by atoms with Crippen molar-refractivity contribution in [3.8, 4) is 6.07 Å². The normalized spacial score (nSPS) is 22.3. The zero-order chi connectivity index (χ0) is 15.1. The van der Waals surface area contributed by atoms with Gasteiger partial charge in [-0.1, -0.05) is 13.8 Å². The summed E-state index contributed by atoms with van der Waals surface area (Å²) < 4.78 is 0. The smallest absolute Gasteiger partial charge is 0.177 e. The monoisotopic (exact) mass is 293 g/mol. The van der Waals surface area contributed by atoms with Gasteiger partial charge in [-0.25, -0.2) is 0 Å². The highest BCUT2D eigenvalue weighted by Gasteiger charge is 2.35. The Balaban J connectivity index is 2.43. The Bertz CT molecular complexity index is 584. The van der Waals surface area contributed by atoms with Gasteiger partial charge in [0.05, 0.1) is 16.2 Å². The molecule has 20 heavy (non-hydrogen) atoms. The lowest BCUT2D eigenvalue weighted by Gasteiger charge is -2.19. The number of nitrogens with two attached hydrogens (primary N) is 1. The molecule has 1 aromatic rings. The summed E-state index contributed by atoms with van der Waals surface area (Å²) in [6.45, 7) is 6.52. The topological polar surface area (TPSA) is 90.4 Å². The lowest BCUT2D eigenvalue weighted by molar-refractivity contribution is 0.0839. The standard InChI is InChI=1S/C14H19N3O2S/c1-8(2)11(18)12-10(16)9(6-15)13(20-12)17-5-4-14(3,19)7-17/h8,19H,4-5,7,16H2,1-3H3. The van der Waals surface area contributed by atoms with Crippen molar-refractivity contribution in [2.45, 2.75) is 32.8 Å². The van der Waals surface area contributed by atoms with Crippen LogP contribution in [0.15, 0.2) is 0 Å². The van der Waals surface area contributed by atoms with Gasteiger partial charge in [0.1, 0.15) is 16.6 Å². The molecule has 0 spiro atoms. The summed E-state index contributed by atoms with van der Waals surface area (Å²) in [6, 6.07) is 2.09. The average Bonchev–Trinajstić information content (AvgIpc) is 2.88. The first-order valence-corrected chi connectivity index (χ1v) is 7.42. The van der Waals surface area contributed by atoms with Crippen LogP contribution in [0, 0.1) is 17.2 Å². The van der Waals surface area contributed by atoms with Crippen LogP contribution in [0.4, 0.5) is 10.7 Å². The lowest BCUT2D eigenvalue weighted by Crippen LogP contribution is -2.29. The highest BCUT2D eigenvalue weighted by molar-refractivity contribution is 7.19. The second kappa shape index (κ2) is 5.08. The minimum absolute atomic E-state index is 0.0405. The third-order valence-corrected chi connectivity index (χ3v) is 4.81. The van der Waals surface area contributed by atoms with E-state index in [2.05, 4.69) is 6.07 Å². The molecule has 1 unspecified atom stereocenters. The van der Waals surface area contributed by atoms with Crippen LogP contribution in [-0.4, -0.2) is 29.6 Å². The van der Waals surface area contributed by atoms with Crippen molar-refractivity contribution in [3.05, 3.63) is 10.4 Å². The van der Waals surface area contributed by atoms with Crippen LogP contribution in [0.3, 0.4) is 0 Å². The highest BCUT2D eigenvalue weighted by Crippen LogP contribution is 2.41. The first kappa shape index (κ1) is 14.8. The number of anilines is 2. The van der Waals surface area contributed by atoms with E-state index in [1.807, 2.05) is 18.7 Å². The fourth-order valence-corrected chi connectivity index (χ4v) is 3.61. The van der Waals surface area contributed by atoms with E-state index in [0.29, 0.717) is 35.0 Å². The minimum atomic E-state index is -0.756. The number of thiophene rings is 1. The summed E-state index contributed by atoms with van der Waals surface area (Å²) in [4.78, 5) is 14.5. The van der Waals surface area contributed by atoms with E-state index in [1.54, 1.807) is 6.92 Å². The van der Waals surface area contributed by atoms with E-state index in [1.165, 1.54) is 11.3 Å². The molecule has 108 valence electrons. The van der Waals surface area contributed by atoms with Crippen molar-refractivity contribution in [1.82, 2.24) is 0 Å². The molecule has 1 aromatic heterocycles. The SMILES string of the molecule is CC(C)C(=O)c1sc(N2CCC(C)(O)C2)c(C#N)c1N. The first-order chi connectivity index (χ1) is 9.26. The quantitative estimate of drug-likeness (QED) is 0.832. The maximum Gasteiger partial charge on any atom is 0.177 e. The van der Waals surface area contributed by atoms with Crippen LogP contribution in [-0.2, 0) is 0 Å². The molecule has 1 aliphatic rings. The summed E-state index contributed by atoms with van der Waals surface area (Å²) in [5.74, 6) is -0.196. The van der Waals surface area contributed by atoms with Gasteiger partial charge in [0, 0.05) is 19.0 Å². The predicted octanol–water partition coefficient (Wildman–Crippen LogP) is 2.00. The van der Waals surface area contributed by atoms with Gasteiger partial charge in [-0.2, -0.15) is 5.26 Å². The maximum absolute atomic E-state index is 12.1. The molecule has 5 nitrogen and oxygen atoms in total.